The quantitative estimate of drug-likeness (QED) is 0.784. The zero-order valence-electron chi connectivity index (χ0n) is 14.0. The topological polar surface area (TPSA) is 28.2 Å². The number of rotatable bonds is 8. The summed E-state index contributed by atoms with van der Waals surface area (Å²) in [5, 5.41) is 3.51. The largest absolute Gasteiger partial charge is 0.357 e. The minimum absolute atomic E-state index is 0.570. The van der Waals surface area contributed by atoms with Crippen LogP contribution in [0.5, 0.6) is 0 Å². The zero-order chi connectivity index (χ0) is 15.1. The van der Waals surface area contributed by atoms with E-state index in [1.54, 1.807) is 0 Å². The van der Waals surface area contributed by atoms with Crippen molar-refractivity contribution < 1.29 is 0 Å². The Morgan fingerprint density at radius 2 is 1.85 bits per heavy atom. The molecule has 20 heavy (non-hydrogen) atoms. The van der Waals surface area contributed by atoms with Crippen LogP contribution in [0, 0.1) is 12.8 Å². The molecule has 0 saturated heterocycles. The molecule has 1 heterocycles. The number of hydrogen-bond donors (Lipinski definition) is 1. The fourth-order valence-electron chi connectivity index (χ4n) is 2.53. The molecule has 0 spiro atoms. The number of aromatic nitrogens is 1. The maximum absolute atomic E-state index is 4.69. The summed E-state index contributed by atoms with van der Waals surface area (Å²) in [7, 11) is 2.16. The lowest BCUT2D eigenvalue weighted by Crippen LogP contribution is -2.31. The Morgan fingerprint density at radius 1 is 1.20 bits per heavy atom. The van der Waals surface area contributed by atoms with E-state index in [9.17, 15) is 0 Å². The van der Waals surface area contributed by atoms with Gasteiger partial charge in [-0.3, -0.25) is 0 Å². The number of aryl methyl sites for hydroxylation is 1. The van der Waals surface area contributed by atoms with E-state index in [0.29, 0.717) is 12.0 Å². The fourth-order valence-corrected chi connectivity index (χ4v) is 2.53. The van der Waals surface area contributed by atoms with Gasteiger partial charge in [-0.2, -0.15) is 0 Å². The van der Waals surface area contributed by atoms with Crippen molar-refractivity contribution in [2.75, 3.05) is 18.5 Å². The molecule has 0 saturated carbocycles. The van der Waals surface area contributed by atoms with Gasteiger partial charge in [-0.15, -0.1) is 0 Å². The number of pyridine rings is 1. The first-order chi connectivity index (χ1) is 9.47. The van der Waals surface area contributed by atoms with Gasteiger partial charge in [0.25, 0.3) is 0 Å². The van der Waals surface area contributed by atoms with Crippen molar-refractivity contribution in [3.05, 3.63) is 23.4 Å². The molecular weight excluding hydrogens is 246 g/mol. The Kier molecular flexibility index (Phi) is 7.00. The van der Waals surface area contributed by atoms with Gasteiger partial charge in [-0.25, -0.2) is 4.98 Å². The van der Waals surface area contributed by atoms with Gasteiger partial charge in [0, 0.05) is 25.3 Å². The van der Waals surface area contributed by atoms with Gasteiger partial charge < -0.3 is 10.2 Å². The SMILES string of the molecule is CCC(CC)N(C)c1cc(CNCC(C)C)cc(C)n1. The van der Waals surface area contributed by atoms with E-state index in [4.69, 9.17) is 4.98 Å². The van der Waals surface area contributed by atoms with Crippen LogP contribution < -0.4 is 10.2 Å². The third-order valence-electron chi connectivity index (χ3n) is 3.73. The first kappa shape index (κ1) is 17.0. The summed E-state index contributed by atoms with van der Waals surface area (Å²) in [5.41, 5.74) is 2.42. The second kappa shape index (κ2) is 8.25. The second-order valence-electron chi connectivity index (χ2n) is 6.08. The molecule has 1 aromatic heterocycles. The molecule has 0 amide bonds. The van der Waals surface area contributed by atoms with Crippen LogP contribution in [0.4, 0.5) is 5.82 Å². The molecule has 0 fully saturated rings. The summed E-state index contributed by atoms with van der Waals surface area (Å²) in [5.74, 6) is 1.78. The summed E-state index contributed by atoms with van der Waals surface area (Å²) < 4.78 is 0. The minimum Gasteiger partial charge on any atom is -0.357 e. The maximum Gasteiger partial charge on any atom is 0.129 e. The molecule has 0 radical (unpaired) electrons. The van der Waals surface area contributed by atoms with Crippen LogP contribution in [0.25, 0.3) is 0 Å². The molecule has 0 bridgehead atoms. The van der Waals surface area contributed by atoms with E-state index >= 15 is 0 Å². The Morgan fingerprint density at radius 3 is 2.40 bits per heavy atom. The van der Waals surface area contributed by atoms with Crippen LogP contribution in [0.1, 0.15) is 51.8 Å². The van der Waals surface area contributed by atoms with E-state index in [0.717, 1.165) is 37.4 Å². The van der Waals surface area contributed by atoms with Gasteiger partial charge in [0.15, 0.2) is 0 Å². The zero-order valence-corrected chi connectivity index (χ0v) is 14.0. The first-order valence-electron chi connectivity index (χ1n) is 7.89. The Labute approximate surface area is 124 Å². The highest BCUT2D eigenvalue weighted by Gasteiger charge is 2.13. The van der Waals surface area contributed by atoms with Gasteiger partial charge in [0.2, 0.25) is 0 Å². The minimum atomic E-state index is 0.570. The molecule has 0 unspecified atom stereocenters. The fraction of sp³-hybridized carbons (Fsp3) is 0.706. The standard InChI is InChI=1S/C17H31N3/c1-7-16(8-2)20(6)17-10-15(9-14(5)19-17)12-18-11-13(3)4/h9-10,13,16,18H,7-8,11-12H2,1-6H3. The average molecular weight is 277 g/mol. The van der Waals surface area contributed by atoms with Crippen LogP contribution in [-0.4, -0.2) is 24.6 Å². The highest BCUT2D eigenvalue weighted by Crippen LogP contribution is 2.19. The molecule has 0 aliphatic rings. The van der Waals surface area contributed by atoms with Gasteiger partial charge >= 0.3 is 0 Å². The summed E-state index contributed by atoms with van der Waals surface area (Å²) in [4.78, 5) is 7.01. The number of hydrogen-bond acceptors (Lipinski definition) is 3. The molecule has 1 rings (SSSR count). The monoisotopic (exact) mass is 277 g/mol. The predicted octanol–water partition coefficient (Wildman–Crippen LogP) is 3.76. The Hall–Kier alpha value is -1.09. The third kappa shape index (κ3) is 5.12. The first-order valence-corrected chi connectivity index (χ1v) is 7.89. The lowest BCUT2D eigenvalue weighted by Gasteiger charge is -2.28. The molecule has 1 aromatic rings. The lowest BCUT2D eigenvalue weighted by molar-refractivity contribution is 0.551. The number of nitrogens with zero attached hydrogens (tertiary/aromatic N) is 2. The van der Waals surface area contributed by atoms with Crippen molar-refractivity contribution >= 4 is 5.82 Å². The van der Waals surface area contributed by atoms with Gasteiger partial charge in [-0.05, 0) is 49.9 Å². The molecule has 0 aliphatic carbocycles. The Balaban J connectivity index is 2.79. The van der Waals surface area contributed by atoms with Crippen LogP contribution in [0.2, 0.25) is 0 Å². The summed E-state index contributed by atoms with van der Waals surface area (Å²) in [6.45, 7) is 13.0. The predicted molar refractivity (Wildman–Crippen MR) is 88.3 cm³/mol. The van der Waals surface area contributed by atoms with Crippen molar-refractivity contribution in [2.45, 2.75) is 60.0 Å². The van der Waals surface area contributed by atoms with Crippen molar-refractivity contribution in [3.63, 3.8) is 0 Å². The van der Waals surface area contributed by atoms with Crippen molar-refractivity contribution in [1.82, 2.24) is 10.3 Å². The van der Waals surface area contributed by atoms with Crippen LogP contribution >= 0.6 is 0 Å². The second-order valence-corrected chi connectivity index (χ2v) is 6.08. The van der Waals surface area contributed by atoms with E-state index in [1.807, 2.05) is 0 Å². The molecule has 0 aromatic carbocycles. The molecule has 1 N–H and O–H groups in total. The van der Waals surface area contributed by atoms with E-state index < -0.39 is 0 Å². The van der Waals surface area contributed by atoms with Crippen LogP contribution in [0.3, 0.4) is 0 Å². The van der Waals surface area contributed by atoms with Crippen LogP contribution in [-0.2, 0) is 6.54 Å². The summed E-state index contributed by atoms with van der Waals surface area (Å²) in [6, 6.07) is 4.97. The van der Waals surface area contributed by atoms with E-state index in [2.05, 4.69) is 64.0 Å². The van der Waals surface area contributed by atoms with Gasteiger partial charge in [-0.1, -0.05) is 27.7 Å². The smallest absolute Gasteiger partial charge is 0.129 e. The molecule has 114 valence electrons. The highest BCUT2D eigenvalue weighted by atomic mass is 15.2. The van der Waals surface area contributed by atoms with E-state index in [-0.39, 0.29) is 0 Å². The maximum atomic E-state index is 4.69. The molecule has 0 atom stereocenters. The molecule has 3 heteroatoms. The number of nitrogens with one attached hydrogen (secondary N) is 1. The molecule has 3 nitrogen and oxygen atoms in total. The summed E-state index contributed by atoms with van der Waals surface area (Å²) >= 11 is 0. The number of anilines is 1. The molecular formula is C17H31N3. The van der Waals surface area contributed by atoms with Gasteiger partial charge in [0.05, 0.1) is 0 Å². The van der Waals surface area contributed by atoms with Crippen molar-refractivity contribution in [1.29, 1.82) is 0 Å². The highest BCUT2D eigenvalue weighted by molar-refractivity contribution is 5.43. The van der Waals surface area contributed by atoms with Crippen LogP contribution in [0.15, 0.2) is 12.1 Å². The lowest BCUT2D eigenvalue weighted by atomic mass is 10.1. The Bertz CT molecular complexity index is 397. The van der Waals surface area contributed by atoms with Crippen molar-refractivity contribution in [3.8, 4) is 0 Å². The third-order valence-corrected chi connectivity index (χ3v) is 3.73. The summed E-state index contributed by atoms with van der Waals surface area (Å²) in [6.07, 6.45) is 2.31. The molecule has 0 aliphatic heterocycles. The average Bonchev–Trinajstić information content (AvgIpc) is 2.39. The van der Waals surface area contributed by atoms with Crippen molar-refractivity contribution in [2.24, 2.45) is 5.92 Å². The van der Waals surface area contributed by atoms with Gasteiger partial charge in [0.1, 0.15) is 5.82 Å². The normalized spacial score (nSPS) is 11.4. The van der Waals surface area contributed by atoms with E-state index in [1.165, 1.54) is 5.56 Å².